The standard InChI is InChI=1S/C15H18N6/c1-15(2,3)13-4-5-14(19-18-13)20-9-12(10-20)21-8-11(6-16)7-17-21/h4-5,7-8,12H,9-10H2,1-3H3. The average molecular weight is 282 g/mol. The number of hydrogen-bond acceptors (Lipinski definition) is 5. The minimum absolute atomic E-state index is 0.0196. The van der Waals surface area contributed by atoms with Crippen LogP contribution in [0.15, 0.2) is 24.5 Å². The fraction of sp³-hybridized carbons (Fsp3) is 0.467. The molecule has 6 heteroatoms. The third kappa shape index (κ3) is 2.59. The van der Waals surface area contributed by atoms with Crippen molar-refractivity contribution in [2.24, 2.45) is 0 Å². The minimum atomic E-state index is 0.0196. The molecule has 2 aromatic heterocycles. The third-order valence-corrected chi connectivity index (χ3v) is 3.71. The van der Waals surface area contributed by atoms with E-state index in [2.05, 4.69) is 47.0 Å². The summed E-state index contributed by atoms with van der Waals surface area (Å²) in [4.78, 5) is 2.16. The molecule has 0 aromatic carbocycles. The molecule has 1 aliphatic rings. The van der Waals surface area contributed by atoms with Crippen LogP contribution in [0.5, 0.6) is 0 Å². The van der Waals surface area contributed by atoms with Gasteiger partial charge in [-0.15, -0.1) is 5.10 Å². The highest BCUT2D eigenvalue weighted by Crippen LogP contribution is 2.27. The molecular formula is C15H18N6. The van der Waals surface area contributed by atoms with E-state index in [1.54, 1.807) is 12.4 Å². The second-order valence-corrected chi connectivity index (χ2v) is 6.41. The van der Waals surface area contributed by atoms with E-state index in [9.17, 15) is 0 Å². The lowest BCUT2D eigenvalue weighted by Crippen LogP contribution is -2.48. The Labute approximate surface area is 124 Å². The highest BCUT2D eigenvalue weighted by Gasteiger charge is 2.30. The summed E-state index contributed by atoms with van der Waals surface area (Å²) in [5, 5.41) is 21.6. The predicted octanol–water partition coefficient (Wildman–Crippen LogP) is 1.90. The predicted molar refractivity (Wildman–Crippen MR) is 78.9 cm³/mol. The first kappa shape index (κ1) is 13.6. The van der Waals surface area contributed by atoms with Crippen LogP contribution in [0.3, 0.4) is 0 Å². The number of hydrogen-bond donors (Lipinski definition) is 0. The molecule has 0 aliphatic carbocycles. The van der Waals surface area contributed by atoms with Crippen LogP contribution >= 0.6 is 0 Å². The minimum Gasteiger partial charge on any atom is -0.351 e. The first-order valence-corrected chi connectivity index (χ1v) is 7.01. The first-order valence-electron chi connectivity index (χ1n) is 7.01. The van der Waals surface area contributed by atoms with Gasteiger partial charge >= 0.3 is 0 Å². The summed E-state index contributed by atoms with van der Waals surface area (Å²) in [5.74, 6) is 0.895. The van der Waals surface area contributed by atoms with Crippen molar-refractivity contribution in [1.29, 1.82) is 5.26 Å². The van der Waals surface area contributed by atoms with Crippen molar-refractivity contribution in [3.05, 3.63) is 35.8 Å². The van der Waals surface area contributed by atoms with Gasteiger partial charge in [0, 0.05) is 24.7 Å². The maximum atomic E-state index is 8.81. The molecule has 0 saturated carbocycles. The van der Waals surface area contributed by atoms with Crippen molar-refractivity contribution in [2.75, 3.05) is 18.0 Å². The average Bonchev–Trinajstić information content (AvgIpc) is 2.85. The molecule has 21 heavy (non-hydrogen) atoms. The van der Waals surface area contributed by atoms with Crippen LogP contribution in [-0.2, 0) is 5.41 Å². The van der Waals surface area contributed by atoms with Crippen molar-refractivity contribution < 1.29 is 0 Å². The van der Waals surface area contributed by atoms with Gasteiger partial charge < -0.3 is 4.90 Å². The van der Waals surface area contributed by atoms with Crippen LogP contribution in [0.1, 0.15) is 38.1 Å². The Morgan fingerprint density at radius 3 is 2.52 bits per heavy atom. The molecule has 0 spiro atoms. The largest absolute Gasteiger partial charge is 0.351 e. The highest BCUT2D eigenvalue weighted by molar-refractivity contribution is 5.41. The molecule has 0 unspecified atom stereocenters. The molecule has 0 atom stereocenters. The van der Waals surface area contributed by atoms with Crippen molar-refractivity contribution in [3.63, 3.8) is 0 Å². The maximum Gasteiger partial charge on any atom is 0.151 e. The lowest BCUT2D eigenvalue weighted by atomic mass is 9.92. The Balaban J connectivity index is 1.65. The highest BCUT2D eigenvalue weighted by atomic mass is 15.4. The Bertz CT molecular complexity index is 667. The van der Waals surface area contributed by atoms with Crippen LogP contribution in [0.4, 0.5) is 5.82 Å². The van der Waals surface area contributed by atoms with Crippen LogP contribution < -0.4 is 4.90 Å². The van der Waals surface area contributed by atoms with E-state index >= 15 is 0 Å². The van der Waals surface area contributed by atoms with E-state index in [-0.39, 0.29) is 5.41 Å². The smallest absolute Gasteiger partial charge is 0.151 e. The van der Waals surface area contributed by atoms with Gasteiger partial charge in [0.05, 0.1) is 23.5 Å². The van der Waals surface area contributed by atoms with Gasteiger partial charge in [-0.25, -0.2) is 0 Å². The van der Waals surface area contributed by atoms with E-state index in [1.807, 2.05) is 16.8 Å². The van der Waals surface area contributed by atoms with Crippen LogP contribution in [-0.4, -0.2) is 33.1 Å². The second kappa shape index (κ2) is 4.85. The van der Waals surface area contributed by atoms with Crippen molar-refractivity contribution in [3.8, 4) is 6.07 Å². The summed E-state index contributed by atoms with van der Waals surface area (Å²) in [5.41, 5.74) is 1.61. The summed E-state index contributed by atoms with van der Waals surface area (Å²) >= 11 is 0. The molecule has 3 rings (SSSR count). The summed E-state index contributed by atoms with van der Waals surface area (Å²) in [6.07, 6.45) is 3.39. The SMILES string of the molecule is CC(C)(C)c1ccc(N2CC(n3cc(C#N)cn3)C2)nn1. The van der Waals surface area contributed by atoms with Crippen molar-refractivity contribution >= 4 is 5.82 Å². The Morgan fingerprint density at radius 1 is 1.24 bits per heavy atom. The Morgan fingerprint density at radius 2 is 2.00 bits per heavy atom. The molecule has 0 radical (unpaired) electrons. The molecule has 1 aliphatic heterocycles. The van der Waals surface area contributed by atoms with Gasteiger partial charge in [-0.05, 0) is 12.1 Å². The van der Waals surface area contributed by atoms with E-state index < -0.39 is 0 Å². The summed E-state index contributed by atoms with van der Waals surface area (Å²) in [7, 11) is 0. The number of aromatic nitrogens is 4. The topological polar surface area (TPSA) is 70.6 Å². The lowest BCUT2D eigenvalue weighted by molar-refractivity contribution is 0.365. The fourth-order valence-corrected chi connectivity index (χ4v) is 2.30. The zero-order valence-electron chi connectivity index (χ0n) is 12.5. The van der Waals surface area contributed by atoms with E-state index in [0.29, 0.717) is 11.6 Å². The van der Waals surface area contributed by atoms with Crippen molar-refractivity contribution in [2.45, 2.75) is 32.2 Å². The zero-order valence-corrected chi connectivity index (χ0v) is 12.5. The van der Waals surface area contributed by atoms with Gasteiger partial charge in [0.25, 0.3) is 0 Å². The molecule has 0 bridgehead atoms. The molecule has 6 nitrogen and oxygen atoms in total. The lowest BCUT2D eigenvalue weighted by Gasteiger charge is -2.39. The monoisotopic (exact) mass is 282 g/mol. The number of rotatable bonds is 2. The van der Waals surface area contributed by atoms with Gasteiger partial charge in [0.15, 0.2) is 5.82 Å². The molecule has 1 saturated heterocycles. The fourth-order valence-electron chi connectivity index (χ4n) is 2.30. The molecule has 3 heterocycles. The summed E-state index contributed by atoms with van der Waals surface area (Å²) < 4.78 is 1.85. The molecule has 0 amide bonds. The van der Waals surface area contributed by atoms with Crippen LogP contribution in [0.25, 0.3) is 0 Å². The first-order chi connectivity index (χ1) is 9.97. The summed E-state index contributed by atoms with van der Waals surface area (Å²) in [6, 6.07) is 6.46. The number of anilines is 1. The molecule has 2 aromatic rings. The second-order valence-electron chi connectivity index (χ2n) is 6.41. The third-order valence-electron chi connectivity index (χ3n) is 3.71. The molecular weight excluding hydrogens is 264 g/mol. The molecule has 108 valence electrons. The van der Waals surface area contributed by atoms with Gasteiger partial charge in [0.2, 0.25) is 0 Å². The summed E-state index contributed by atoms with van der Waals surface area (Å²) in [6.45, 7) is 8.06. The van der Waals surface area contributed by atoms with E-state index in [1.165, 1.54) is 0 Å². The van der Waals surface area contributed by atoms with E-state index in [4.69, 9.17) is 5.26 Å². The molecule has 1 fully saturated rings. The van der Waals surface area contributed by atoms with Gasteiger partial charge in [0.1, 0.15) is 6.07 Å². The van der Waals surface area contributed by atoms with Crippen LogP contribution in [0.2, 0.25) is 0 Å². The number of nitriles is 1. The zero-order chi connectivity index (χ0) is 15.0. The van der Waals surface area contributed by atoms with E-state index in [0.717, 1.165) is 24.6 Å². The Hall–Kier alpha value is -2.42. The van der Waals surface area contributed by atoms with Gasteiger partial charge in [-0.2, -0.15) is 15.5 Å². The van der Waals surface area contributed by atoms with Gasteiger partial charge in [-0.3, -0.25) is 4.68 Å². The Kier molecular flexibility index (Phi) is 3.13. The van der Waals surface area contributed by atoms with Crippen LogP contribution in [0, 0.1) is 11.3 Å². The molecule has 0 N–H and O–H groups in total. The van der Waals surface area contributed by atoms with Gasteiger partial charge in [-0.1, -0.05) is 20.8 Å². The van der Waals surface area contributed by atoms with Crippen molar-refractivity contribution in [1.82, 2.24) is 20.0 Å². The maximum absolute atomic E-state index is 8.81. The number of nitrogens with zero attached hydrogens (tertiary/aromatic N) is 6. The quantitative estimate of drug-likeness (QED) is 0.841. The normalized spacial score (nSPS) is 15.6.